The fourth-order valence-corrected chi connectivity index (χ4v) is 2.16. The standard InChI is InChI=1S/C14H18N2O3/c1-9-3-4-11(7-10(9)2)13(17)16-6-5-15-12(8-16)14(18)19/h3-4,7,12,15H,5-6,8H2,1-2H3,(H,18,19). The Labute approximate surface area is 112 Å². The summed E-state index contributed by atoms with van der Waals surface area (Å²) in [5, 5.41) is 11.9. The lowest BCUT2D eigenvalue weighted by molar-refractivity contribution is -0.140. The Hall–Kier alpha value is -1.88. The highest BCUT2D eigenvalue weighted by molar-refractivity contribution is 5.95. The first-order valence-corrected chi connectivity index (χ1v) is 6.32. The van der Waals surface area contributed by atoms with Gasteiger partial charge >= 0.3 is 5.97 Å². The molecule has 5 nitrogen and oxygen atoms in total. The molecule has 0 spiro atoms. The normalized spacial score (nSPS) is 19.3. The van der Waals surface area contributed by atoms with E-state index in [1.807, 2.05) is 26.0 Å². The Morgan fingerprint density at radius 2 is 2.05 bits per heavy atom. The van der Waals surface area contributed by atoms with Crippen LogP contribution in [0.3, 0.4) is 0 Å². The van der Waals surface area contributed by atoms with Crippen LogP contribution in [0.4, 0.5) is 0 Å². The third-order valence-corrected chi connectivity index (χ3v) is 3.51. The van der Waals surface area contributed by atoms with Crippen LogP contribution < -0.4 is 5.32 Å². The van der Waals surface area contributed by atoms with E-state index in [9.17, 15) is 9.59 Å². The van der Waals surface area contributed by atoms with E-state index < -0.39 is 12.0 Å². The predicted octanol–water partition coefficient (Wildman–Crippen LogP) is 0.802. The Balaban J connectivity index is 2.14. The van der Waals surface area contributed by atoms with E-state index in [-0.39, 0.29) is 12.5 Å². The third-order valence-electron chi connectivity index (χ3n) is 3.51. The van der Waals surface area contributed by atoms with Crippen LogP contribution in [0.15, 0.2) is 18.2 Å². The third kappa shape index (κ3) is 2.93. The lowest BCUT2D eigenvalue weighted by Gasteiger charge is -2.31. The van der Waals surface area contributed by atoms with Gasteiger partial charge in [0.2, 0.25) is 0 Å². The number of nitrogens with one attached hydrogen (secondary N) is 1. The van der Waals surface area contributed by atoms with Crippen LogP contribution in [0, 0.1) is 13.8 Å². The van der Waals surface area contributed by atoms with Crippen LogP contribution in [0.2, 0.25) is 0 Å². The number of carbonyl (C=O) groups is 2. The van der Waals surface area contributed by atoms with Crippen molar-refractivity contribution in [2.75, 3.05) is 19.6 Å². The number of amides is 1. The van der Waals surface area contributed by atoms with Gasteiger partial charge in [-0.05, 0) is 37.1 Å². The molecule has 1 atom stereocenters. The van der Waals surface area contributed by atoms with Crippen LogP contribution >= 0.6 is 0 Å². The number of rotatable bonds is 2. The van der Waals surface area contributed by atoms with Gasteiger partial charge in [0.15, 0.2) is 0 Å². The molecular formula is C14H18N2O3. The van der Waals surface area contributed by atoms with Crippen molar-refractivity contribution < 1.29 is 14.7 Å². The van der Waals surface area contributed by atoms with Crippen molar-refractivity contribution >= 4 is 11.9 Å². The second-order valence-electron chi connectivity index (χ2n) is 4.90. The van der Waals surface area contributed by atoms with Crippen molar-refractivity contribution in [1.29, 1.82) is 0 Å². The highest BCUT2D eigenvalue weighted by Gasteiger charge is 2.28. The van der Waals surface area contributed by atoms with E-state index in [1.165, 1.54) is 0 Å². The molecule has 0 aromatic heterocycles. The Morgan fingerprint density at radius 1 is 1.32 bits per heavy atom. The largest absolute Gasteiger partial charge is 0.480 e. The molecule has 19 heavy (non-hydrogen) atoms. The van der Waals surface area contributed by atoms with Gasteiger partial charge in [0.1, 0.15) is 6.04 Å². The molecule has 1 heterocycles. The topological polar surface area (TPSA) is 69.6 Å². The maximum Gasteiger partial charge on any atom is 0.322 e. The van der Waals surface area contributed by atoms with E-state index in [2.05, 4.69) is 5.32 Å². The van der Waals surface area contributed by atoms with Crippen molar-refractivity contribution in [2.24, 2.45) is 0 Å². The van der Waals surface area contributed by atoms with Crippen LogP contribution in [0.5, 0.6) is 0 Å². The first-order chi connectivity index (χ1) is 8.99. The summed E-state index contributed by atoms with van der Waals surface area (Å²) in [6, 6.07) is 4.89. The highest BCUT2D eigenvalue weighted by Crippen LogP contribution is 2.13. The molecule has 1 aromatic carbocycles. The lowest BCUT2D eigenvalue weighted by Crippen LogP contribution is -2.55. The number of carboxylic acid groups (broad SMARTS) is 1. The molecule has 1 unspecified atom stereocenters. The molecule has 1 saturated heterocycles. The minimum atomic E-state index is -0.919. The molecule has 0 saturated carbocycles. The summed E-state index contributed by atoms with van der Waals surface area (Å²) < 4.78 is 0. The van der Waals surface area contributed by atoms with Gasteiger partial charge in [-0.3, -0.25) is 9.59 Å². The van der Waals surface area contributed by atoms with Crippen molar-refractivity contribution in [3.63, 3.8) is 0 Å². The molecule has 2 N–H and O–H groups in total. The van der Waals surface area contributed by atoms with Crippen molar-refractivity contribution in [3.05, 3.63) is 34.9 Å². The number of aryl methyl sites for hydroxylation is 2. The van der Waals surface area contributed by atoms with E-state index in [4.69, 9.17) is 5.11 Å². The van der Waals surface area contributed by atoms with Crippen LogP contribution in [0.25, 0.3) is 0 Å². The first kappa shape index (κ1) is 13.5. The molecule has 1 aliphatic rings. The minimum absolute atomic E-state index is 0.101. The molecule has 1 fully saturated rings. The van der Waals surface area contributed by atoms with Gasteiger partial charge in [-0.2, -0.15) is 0 Å². The smallest absolute Gasteiger partial charge is 0.322 e. The monoisotopic (exact) mass is 262 g/mol. The number of hydrogen-bond donors (Lipinski definition) is 2. The summed E-state index contributed by atoms with van der Waals surface area (Å²) in [7, 11) is 0. The number of nitrogens with zero attached hydrogens (tertiary/aromatic N) is 1. The molecule has 0 aliphatic carbocycles. The molecule has 0 bridgehead atoms. The van der Waals surface area contributed by atoms with Gasteiger partial charge in [0, 0.05) is 25.2 Å². The van der Waals surface area contributed by atoms with Gasteiger partial charge in [0.05, 0.1) is 0 Å². The first-order valence-electron chi connectivity index (χ1n) is 6.32. The zero-order chi connectivity index (χ0) is 14.0. The van der Waals surface area contributed by atoms with Gasteiger partial charge in [-0.1, -0.05) is 6.07 Å². The van der Waals surface area contributed by atoms with E-state index in [1.54, 1.807) is 11.0 Å². The second kappa shape index (κ2) is 5.40. The van der Waals surface area contributed by atoms with E-state index >= 15 is 0 Å². The summed E-state index contributed by atoms with van der Waals surface area (Å²) in [4.78, 5) is 24.9. The molecule has 1 amide bonds. The van der Waals surface area contributed by atoms with Crippen LogP contribution in [-0.4, -0.2) is 47.6 Å². The summed E-state index contributed by atoms with van der Waals surface area (Å²) in [6.07, 6.45) is 0. The zero-order valence-electron chi connectivity index (χ0n) is 11.1. The Morgan fingerprint density at radius 3 is 2.68 bits per heavy atom. The highest BCUT2D eigenvalue weighted by atomic mass is 16.4. The average molecular weight is 262 g/mol. The van der Waals surface area contributed by atoms with Gasteiger partial charge in [-0.15, -0.1) is 0 Å². The van der Waals surface area contributed by atoms with Crippen molar-refractivity contribution in [2.45, 2.75) is 19.9 Å². The summed E-state index contributed by atoms with van der Waals surface area (Å²) in [5.41, 5.74) is 2.82. The van der Waals surface area contributed by atoms with Gasteiger partial charge in [0.25, 0.3) is 5.91 Å². The molecule has 2 rings (SSSR count). The minimum Gasteiger partial charge on any atom is -0.480 e. The molecule has 0 radical (unpaired) electrons. The summed E-state index contributed by atoms with van der Waals surface area (Å²) >= 11 is 0. The Kier molecular flexibility index (Phi) is 3.85. The molecular weight excluding hydrogens is 244 g/mol. The zero-order valence-corrected chi connectivity index (χ0v) is 11.1. The predicted molar refractivity (Wildman–Crippen MR) is 71.2 cm³/mol. The summed E-state index contributed by atoms with van der Waals surface area (Å²) in [6.45, 7) is 5.21. The van der Waals surface area contributed by atoms with Crippen molar-refractivity contribution in [3.8, 4) is 0 Å². The molecule has 1 aromatic rings. The van der Waals surface area contributed by atoms with E-state index in [0.717, 1.165) is 11.1 Å². The van der Waals surface area contributed by atoms with Crippen LogP contribution in [0.1, 0.15) is 21.5 Å². The number of carboxylic acids is 1. The number of aliphatic carboxylic acids is 1. The lowest BCUT2D eigenvalue weighted by atomic mass is 10.0. The average Bonchev–Trinajstić information content (AvgIpc) is 2.41. The number of hydrogen-bond acceptors (Lipinski definition) is 3. The number of carbonyl (C=O) groups excluding carboxylic acids is 1. The summed E-state index contributed by atoms with van der Waals surface area (Å²) in [5.74, 6) is -1.02. The maximum absolute atomic E-state index is 12.3. The number of benzene rings is 1. The van der Waals surface area contributed by atoms with Crippen molar-refractivity contribution in [1.82, 2.24) is 10.2 Å². The molecule has 102 valence electrons. The second-order valence-corrected chi connectivity index (χ2v) is 4.90. The van der Waals surface area contributed by atoms with Gasteiger partial charge in [-0.25, -0.2) is 0 Å². The number of piperazine rings is 1. The van der Waals surface area contributed by atoms with E-state index in [0.29, 0.717) is 18.7 Å². The fraction of sp³-hybridized carbons (Fsp3) is 0.429. The van der Waals surface area contributed by atoms with Crippen LogP contribution in [-0.2, 0) is 4.79 Å². The Bertz CT molecular complexity index is 513. The molecule has 1 aliphatic heterocycles. The van der Waals surface area contributed by atoms with Gasteiger partial charge < -0.3 is 15.3 Å². The quantitative estimate of drug-likeness (QED) is 0.827. The maximum atomic E-state index is 12.3. The molecule has 5 heteroatoms. The SMILES string of the molecule is Cc1ccc(C(=O)N2CCNC(C(=O)O)C2)cc1C. The fourth-order valence-electron chi connectivity index (χ4n) is 2.16.